The molecule has 0 saturated heterocycles. The Hall–Kier alpha value is -1.22. The largest absolute Gasteiger partial charge is 0.493 e. The van der Waals surface area contributed by atoms with Crippen LogP contribution >= 0.6 is 0 Å². The number of ether oxygens (including phenoxy) is 2. The fraction of sp³-hybridized carbons (Fsp3) is 0.571. The molecule has 0 heterocycles. The molecule has 0 amide bonds. The van der Waals surface area contributed by atoms with Crippen molar-refractivity contribution in [2.24, 2.45) is 11.7 Å². The maximum atomic E-state index is 5.71. The summed E-state index contributed by atoms with van der Waals surface area (Å²) < 4.78 is 11.0. The summed E-state index contributed by atoms with van der Waals surface area (Å²) in [5.74, 6) is 2.28. The lowest BCUT2D eigenvalue weighted by molar-refractivity contribution is 0.279. The highest BCUT2D eigenvalue weighted by Gasteiger charge is 2.05. The second-order valence-corrected chi connectivity index (χ2v) is 4.57. The summed E-state index contributed by atoms with van der Waals surface area (Å²) in [6.45, 7) is 5.69. The van der Waals surface area contributed by atoms with E-state index in [2.05, 4.69) is 13.8 Å². The van der Waals surface area contributed by atoms with Crippen LogP contribution in [0.15, 0.2) is 18.2 Å². The van der Waals surface area contributed by atoms with Crippen molar-refractivity contribution in [3.63, 3.8) is 0 Å². The summed E-state index contributed by atoms with van der Waals surface area (Å²) in [6.07, 6.45) is 2.25. The molecule has 1 rings (SSSR count). The van der Waals surface area contributed by atoms with Gasteiger partial charge in [-0.2, -0.15) is 0 Å². The Labute approximate surface area is 104 Å². The molecule has 0 bridgehead atoms. The standard InChI is InChI=1S/C14H23NO2/c1-11(2)5-4-8-17-13-7-6-12(10-15)9-14(13)16-3/h6-7,9,11H,4-5,8,10,15H2,1-3H3. The number of rotatable bonds is 7. The number of hydrogen-bond acceptors (Lipinski definition) is 3. The number of hydrogen-bond donors (Lipinski definition) is 1. The molecule has 0 aliphatic rings. The molecule has 0 aromatic heterocycles. The topological polar surface area (TPSA) is 44.5 Å². The molecule has 3 heteroatoms. The number of benzene rings is 1. The van der Waals surface area contributed by atoms with E-state index in [1.807, 2.05) is 18.2 Å². The Morgan fingerprint density at radius 1 is 1.24 bits per heavy atom. The fourth-order valence-corrected chi connectivity index (χ4v) is 1.63. The molecule has 0 fully saturated rings. The van der Waals surface area contributed by atoms with Gasteiger partial charge in [0, 0.05) is 6.54 Å². The van der Waals surface area contributed by atoms with E-state index in [0.29, 0.717) is 6.54 Å². The minimum atomic E-state index is 0.518. The van der Waals surface area contributed by atoms with Crippen LogP contribution in [0, 0.1) is 5.92 Å². The first kappa shape index (κ1) is 13.8. The van der Waals surface area contributed by atoms with E-state index >= 15 is 0 Å². The van der Waals surface area contributed by atoms with Crippen LogP contribution < -0.4 is 15.2 Å². The zero-order valence-corrected chi connectivity index (χ0v) is 11.0. The second kappa shape index (κ2) is 7.17. The van der Waals surface area contributed by atoms with Gasteiger partial charge in [0.15, 0.2) is 11.5 Å². The molecule has 3 nitrogen and oxygen atoms in total. The van der Waals surface area contributed by atoms with Gasteiger partial charge in [-0.15, -0.1) is 0 Å². The van der Waals surface area contributed by atoms with Gasteiger partial charge in [0.25, 0.3) is 0 Å². The summed E-state index contributed by atoms with van der Waals surface area (Å²) in [5, 5.41) is 0. The molecule has 0 spiro atoms. The zero-order chi connectivity index (χ0) is 12.7. The van der Waals surface area contributed by atoms with Crippen LogP contribution in [0.1, 0.15) is 32.3 Å². The lowest BCUT2D eigenvalue weighted by Gasteiger charge is -2.12. The molecule has 96 valence electrons. The van der Waals surface area contributed by atoms with Crippen LogP contribution in [0.25, 0.3) is 0 Å². The zero-order valence-electron chi connectivity index (χ0n) is 11.0. The van der Waals surface area contributed by atoms with Crippen molar-refractivity contribution < 1.29 is 9.47 Å². The van der Waals surface area contributed by atoms with Crippen molar-refractivity contribution in [1.29, 1.82) is 0 Å². The maximum absolute atomic E-state index is 5.71. The Kier molecular flexibility index (Phi) is 5.84. The van der Waals surface area contributed by atoms with E-state index in [4.69, 9.17) is 15.2 Å². The maximum Gasteiger partial charge on any atom is 0.161 e. The van der Waals surface area contributed by atoms with Crippen molar-refractivity contribution >= 4 is 0 Å². The molecule has 0 saturated carbocycles. The van der Waals surface area contributed by atoms with Gasteiger partial charge in [-0.1, -0.05) is 19.9 Å². The molecule has 0 aliphatic heterocycles. The fourth-order valence-electron chi connectivity index (χ4n) is 1.63. The molecule has 17 heavy (non-hydrogen) atoms. The monoisotopic (exact) mass is 237 g/mol. The van der Waals surface area contributed by atoms with E-state index in [9.17, 15) is 0 Å². The third-order valence-electron chi connectivity index (χ3n) is 2.65. The van der Waals surface area contributed by atoms with Crippen molar-refractivity contribution in [2.45, 2.75) is 33.2 Å². The average Bonchev–Trinajstić information content (AvgIpc) is 2.34. The van der Waals surface area contributed by atoms with Crippen molar-refractivity contribution in [3.05, 3.63) is 23.8 Å². The Morgan fingerprint density at radius 2 is 2.00 bits per heavy atom. The molecular formula is C14H23NO2. The predicted octanol–water partition coefficient (Wildman–Crippen LogP) is 2.97. The predicted molar refractivity (Wildman–Crippen MR) is 70.5 cm³/mol. The van der Waals surface area contributed by atoms with E-state index in [1.54, 1.807) is 7.11 Å². The van der Waals surface area contributed by atoms with Gasteiger partial charge in [0.1, 0.15) is 0 Å². The third-order valence-corrected chi connectivity index (χ3v) is 2.65. The number of nitrogens with two attached hydrogens (primary N) is 1. The van der Waals surface area contributed by atoms with Crippen LogP contribution in [0.3, 0.4) is 0 Å². The van der Waals surface area contributed by atoms with Gasteiger partial charge in [0.05, 0.1) is 13.7 Å². The SMILES string of the molecule is COc1cc(CN)ccc1OCCCC(C)C. The van der Waals surface area contributed by atoms with Gasteiger partial charge in [-0.05, 0) is 36.5 Å². The first-order chi connectivity index (χ1) is 8.17. The lowest BCUT2D eigenvalue weighted by atomic mass is 10.1. The Morgan fingerprint density at radius 3 is 2.59 bits per heavy atom. The second-order valence-electron chi connectivity index (χ2n) is 4.57. The highest BCUT2D eigenvalue weighted by atomic mass is 16.5. The summed E-state index contributed by atoms with van der Waals surface area (Å²) in [6, 6.07) is 5.83. The lowest BCUT2D eigenvalue weighted by Crippen LogP contribution is -2.02. The Balaban J connectivity index is 2.52. The molecule has 0 radical (unpaired) electrons. The number of methoxy groups -OCH3 is 1. The van der Waals surface area contributed by atoms with Crippen molar-refractivity contribution in [1.82, 2.24) is 0 Å². The van der Waals surface area contributed by atoms with Gasteiger partial charge >= 0.3 is 0 Å². The summed E-state index contributed by atoms with van der Waals surface area (Å²) in [5.41, 5.74) is 6.63. The third kappa shape index (κ3) is 4.65. The molecular weight excluding hydrogens is 214 g/mol. The highest BCUT2D eigenvalue weighted by molar-refractivity contribution is 5.42. The minimum Gasteiger partial charge on any atom is -0.493 e. The van der Waals surface area contributed by atoms with Crippen LogP contribution in [-0.2, 0) is 6.54 Å². The van der Waals surface area contributed by atoms with Gasteiger partial charge in [-0.25, -0.2) is 0 Å². The summed E-state index contributed by atoms with van der Waals surface area (Å²) in [4.78, 5) is 0. The first-order valence-corrected chi connectivity index (χ1v) is 6.17. The quantitative estimate of drug-likeness (QED) is 0.741. The summed E-state index contributed by atoms with van der Waals surface area (Å²) in [7, 11) is 1.65. The first-order valence-electron chi connectivity index (χ1n) is 6.17. The van der Waals surface area contributed by atoms with Crippen LogP contribution in [0.5, 0.6) is 11.5 Å². The van der Waals surface area contributed by atoms with Crippen LogP contribution in [0.4, 0.5) is 0 Å². The molecule has 1 aromatic rings. The highest BCUT2D eigenvalue weighted by Crippen LogP contribution is 2.28. The van der Waals surface area contributed by atoms with Gasteiger partial charge in [-0.3, -0.25) is 0 Å². The molecule has 2 N–H and O–H groups in total. The smallest absolute Gasteiger partial charge is 0.161 e. The van der Waals surface area contributed by atoms with E-state index in [0.717, 1.165) is 36.0 Å². The van der Waals surface area contributed by atoms with Gasteiger partial charge in [0.2, 0.25) is 0 Å². The van der Waals surface area contributed by atoms with Gasteiger partial charge < -0.3 is 15.2 Å². The molecule has 0 aliphatic carbocycles. The molecule has 0 atom stereocenters. The van der Waals surface area contributed by atoms with Crippen LogP contribution in [-0.4, -0.2) is 13.7 Å². The molecule has 1 aromatic carbocycles. The van der Waals surface area contributed by atoms with Crippen molar-refractivity contribution in [2.75, 3.05) is 13.7 Å². The van der Waals surface area contributed by atoms with E-state index in [1.165, 1.54) is 6.42 Å². The normalized spacial score (nSPS) is 10.6. The minimum absolute atomic E-state index is 0.518. The molecule has 0 unspecified atom stereocenters. The average molecular weight is 237 g/mol. The van der Waals surface area contributed by atoms with Crippen molar-refractivity contribution in [3.8, 4) is 11.5 Å². The van der Waals surface area contributed by atoms with Crippen LogP contribution in [0.2, 0.25) is 0 Å². The van der Waals surface area contributed by atoms with E-state index < -0.39 is 0 Å². The van der Waals surface area contributed by atoms with E-state index in [-0.39, 0.29) is 0 Å². The Bertz CT molecular complexity index is 337. The summed E-state index contributed by atoms with van der Waals surface area (Å²) >= 11 is 0.